The molecule has 1 atom stereocenters. The van der Waals surface area contributed by atoms with E-state index in [1.165, 1.54) is 0 Å². The Hall–Kier alpha value is -4.05. The molecule has 0 spiro atoms. The lowest BCUT2D eigenvalue weighted by Crippen LogP contribution is -2.15. The number of hydrogen-bond acceptors (Lipinski definition) is 6. The van der Waals surface area contributed by atoms with E-state index in [-0.39, 0.29) is 23.5 Å². The second kappa shape index (κ2) is 8.62. The van der Waals surface area contributed by atoms with Crippen molar-refractivity contribution in [2.24, 2.45) is 5.73 Å². The van der Waals surface area contributed by atoms with E-state index < -0.39 is 15.7 Å². The van der Waals surface area contributed by atoms with Crippen LogP contribution in [-0.4, -0.2) is 46.5 Å². The van der Waals surface area contributed by atoms with Crippen LogP contribution in [0.25, 0.3) is 22.3 Å². The normalized spacial score (nSPS) is 16.9. The van der Waals surface area contributed by atoms with Gasteiger partial charge in [0.2, 0.25) is 5.91 Å². The second-order valence-corrected chi connectivity index (χ2v) is 10.8. The van der Waals surface area contributed by atoms with Crippen LogP contribution in [0.3, 0.4) is 0 Å². The molecule has 1 saturated heterocycles. The smallest absolute Gasteiger partial charge is 0.256 e. The highest BCUT2D eigenvalue weighted by Gasteiger charge is 2.32. The Bertz CT molecular complexity index is 1560. The second-order valence-electron chi connectivity index (χ2n) is 8.60. The molecule has 5 rings (SSSR count). The molecule has 1 fully saturated rings. The number of primary amides is 1. The number of aromatic nitrogens is 3. The Morgan fingerprint density at radius 3 is 2.43 bits per heavy atom. The van der Waals surface area contributed by atoms with Crippen LogP contribution in [-0.2, 0) is 9.84 Å². The highest BCUT2D eigenvalue weighted by molar-refractivity contribution is 7.91. The zero-order valence-electron chi connectivity index (χ0n) is 18.9. The molecule has 2 aromatic carbocycles. The molecule has 1 aliphatic heterocycles. The van der Waals surface area contributed by atoms with Gasteiger partial charge in [-0.2, -0.15) is 5.10 Å². The molecule has 10 heteroatoms. The minimum atomic E-state index is -3.14. The first-order valence-electron chi connectivity index (χ1n) is 11.1. The summed E-state index contributed by atoms with van der Waals surface area (Å²) < 4.78 is 25.9. The minimum Gasteiger partial charge on any atom is -0.366 e. The number of carbonyl (C=O) groups is 2. The Morgan fingerprint density at radius 1 is 1.09 bits per heavy atom. The first-order chi connectivity index (χ1) is 16.7. The number of nitrogens with one attached hydrogen (secondary N) is 1. The predicted octanol–water partition coefficient (Wildman–Crippen LogP) is 3.12. The van der Waals surface area contributed by atoms with Crippen molar-refractivity contribution in [3.05, 3.63) is 77.5 Å². The highest BCUT2D eigenvalue weighted by atomic mass is 32.2. The number of aryl methyl sites for hydroxylation is 1. The van der Waals surface area contributed by atoms with Gasteiger partial charge in [-0.15, -0.1) is 0 Å². The molecule has 2 amide bonds. The SMILES string of the molecule is Cc1nn(C2CCS(=O)(=O)C2)c2nc(-c3ccccc3)cc(C(=O)Nc3ccc(C(N)=O)cc3)c12. The molecule has 3 heterocycles. The summed E-state index contributed by atoms with van der Waals surface area (Å²) in [6.07, 6.45) is 0.448. The Morgan fingerprint density at radius 2 is 1.80 bits per heavy atom. The molecule has 35 heavy (non-hydrogen) atoms. The third-order valence-corrected chi connectivity index (χ3v) is 7.88. The zero-order chi connectivity index (χ0) is 24.7. The molecule has 3 N–H and O–H groups in total. The Balaban J connectivity index is 1.63. The van der Waals surface area contributed by atoms with Crippen molar-refractivity contribution in [1.29, 1.82) is 0 Å². The molecule has 4 aromatic rings. The fourth-order valence-electron chi connectivity index (χ4n) is 4.39. The van der Waals surface area contributed by atoms with Crippen LogP contribution in [0, 0.1) is 6.92 Å². The highest BCUT2D eigenvalue weighted by Crippen LogP contribution is 2.32. The van der Waals surface area contributed by atoms with E-state index in [4.69, 9.17) is 10.7 Å². The van der Waals surface area contributed by atoms with Crippen molar-refractivity contribution in [3.63, 3.8) is 0 Å². The van der Waals surface area contributed by atoms with Crippen molar-refractivity contribution < 1.29 is 18.0 Å². The lowest BCUT2D eigenvalue weighted by Gasteiger charge is -2.12. The zero-order valence-corrected chi connectivity index (χ0v) is 19.7. The maximum atomic E-state index is 13.5. The molecular formula is C25H23N5O4S. The Kier molecular flexibility index (Phi) is 5.60. The van der Waals surface area contributed by atoms with Crippen LogP contribution >= 0.6 is 0 Å². The van der Waals surface area contributed by atoms with Crippen molar-refractivity contribution in [2.75, 3.05) is 16.8 Å². The van der Waals surface area contributed by atoms with E-state index in [2.05, 4.69) is 10.4 Å². The van der Waals surface area contributed by atoms with Crippen LogP contribution in [0.4, 0.5) is 5.69 Å². The van der Waals surface area contributed by atoms with Crippen LogP contribution in [0.15, 0.2) is 60.7 Å². The molecule has 0 bridgehead atoms. The molecular weight excluding hydrogens is 466 g/mol. The molecule has 0 saturated carbocycles. The number of rotatable bonds is 5. The summed E-state index contributed by atoms with van der Waals surface area (Å²) in [6.45, 7) is 1.78. The van der Waals surface area contributed by atoms with Gasteiger partial charge >= 0.3 is 0 Å². The number of sulfone groups is 1. The molecule has 9 nitrogen and oxygen atoms in total. The fraction of sp³-hybridized carbons (Fsp3) is 0.200. The number of fused-ring (bicyclic) bond motifs is 1. The number of nitrogens with zero attached hydrogens (tertiary/aromatic N) is 3. The largest absolute Gasteiger partial charge is 0.366 e. The van der Waals surface area contributed by atoms with Gasteiger partial charge in [0.05, 0.1) is 39.9 Å². The van der Waals surface area contributed by atoms with Crippen molar-refractivity contribution >= 4 is 38.4 Å². The van der Waals surface area contributed by atoms with Gasteiger partial charge in [0.25, 0.3) is 5.91 Å². The van der Waals surface area contributed by atoms with Gasteiger partial charge in [-0.3, -0.25) is 9.59 Å². The molecule has 0 aliphatic carbocycles. The van der Waals surface area contributed by atoms with E-state index >= 15 is 0 Å². The Labute approximate surface area is 201 Å². The van der Waals surface area contributed by atoms with E-state index in [9.17, 15) is 18.0 Å². The number of nitrogens with two attached hydrogens (primary N) is 1. The number of amides is 2. The summed E-state index contributed by atoms with van der Waals surface area (Å²) in [4.78, 5) is 29.6. The number of hydrogen-bond donors (Lipinski definition) is 2. The summed E-state index contributed by atoms with van der Waals surface area (Å²) in [5.41, 5.74) is 8.96. The van der Waals surface area contributed by atoms with Gasteiger partial charge in [0.15, 0.2) is 15.5 Å². The molecule has 0 radical (unpaired) electrons. The fourth-order valence-corrected chi connectivity index (χ4v) is 6.08. The molecule has 178 valence electrons. The van der Waals surface area contributed by atoms with Crippen molar-refractivity contribution in [2.45, 2.75) is 19.4 Å². The van der Waals surface area contributed by atoms with Crippen LogP contribution in [0.1, 0.15) is 38.9 Å². The standard InChI is InChI=1S/C25H23N5O4S/c1-15-22-20(25(32)27-18-9-7-17(8-10-18)23(26)31)13-21(16-5-3-2-4-6-16)28-24(22)30(29-15)19-11-12-35(33,34)14-19/h2-10,13,19H,11-12,14H2,1H3,(H2,26,31)(H,27,32). The van der Waals surface area contributed by atoms with Crippen LogP contribution in [0.2, 0.25) is 0 Å². The summed E-state index contributed by atoms with van der Waals surface area (Å²) in [5, 5.41) is 8.04. The maximum Gasteiger partial charge on any atom is 0.256 e. The van der Waals surface area contributed by atoms with Crippen LogP contribution in [0.5, 0.6) is 0 Å². The summed E-state index contributed by atoms with van der Waals surface area (Å²) in [6, 6.07) is 17.1. The lowest BCUT2D eigenvalue weighted by molar-refractivity contribution is 0.0998. The first-order valence-corrected chi connectivity index (χ1v) is 12.9. The number of anilines is 1. The lowest BCUT2D eigenvalue weighted by atomic mass is 10.0. The third kappa shape index (κ3) is 4.40. The first kappa shape index (κ1) is 22.7. The number of carbonyl (C=O) groups excluding carboxylic acids is 2. The van der Waals surface area contributed by atoms with E-state index in [1.807, 2.05) is 30.3 Å². The quantitative estimate of drug-likeness (QED) is 0.442. The van der Waals surface area contributed by atoms with Gasteiger partial charge in [0, 0.05) is 16.8 Å². The predicted molar refractivity (Wildman–Crippen MR) is 133 cm³/mol. The van der Waals surface area contributed by atoms with Gasteiger partial charge in [0.1, 0.15) is 0 Å². The topological polar surface area (TPSA) is 137 Å². The molecule has 1 aliphatic rings. The van der Waals surface area contributed by atoms with Crippen LogP contribution < -0.4 is 11.1 Å². The monoisotopic (exact) mass is 489 g/mol. The molecule has 1 unspecified atom stereocenters. The van der Waals surface area contributed by atoms with E-state index in [1.54, 1.807) is 41.9 Å². The van der Waals surface area contributed by atoms with E-state index in [0.29, 0.717) is 45.7 Å². The minimum absolute atomic E-state index is 0.00575. The average Bonchev–Trinajstić information content (AvgIpc) is 3.38. The summed E-state index contributed by atoms with van der Waals surface area (Å²) in [7, 11) is -3.14. The number of benzene rings is 2. The van der Waals surface area contributed by atoms with Gasteiger partial charge in [-0.05, 0) is 43.7 Å². The number of pyridine rings is 1. The summed E-state index contributed by atoms with van der Waals surface area (Å²) >= 11 is 0. The maximum absolute atomic E-state index is 13.5. The molecule has 2 aromatic heterocycles. The van der Waals surface area contributed by atoms with Gasteiger partial charge in [-0.25, -0.2) is 18.1 Å². The third-order valence-electron chi connectivity index (χ3n) is 6.13. The van der Waals surface area contributed by atoms with Gasteiger partial charge < -0.3 is 11.1 Å². The van der Waals surface area contributed by atoms with Crippen molar-refractivity contribution in [3.8, 4) is 11.3 Å². The average molecular weight is 490 g/mol. The van der Waals surface area contributed by atoms with E-state index in [0.717, 1.165) is 5.56 Å². The van der Waals surface area contributed by atoms with Crippen molar-refractivity contribution in [1.82, 2.24) is 14.8 Å². The van der Waals surface area contributed by atoms with Gasteiger partial charge in [-0.1, -0.05) is 30.3 Å². The summed E-state index contributed by atoms with van der Waals surface area (Å²) in [5.74, 6) is -0.828.